The molecule has 2 fully saturated rings. The molecule has 1 aliphatic carbocycles. The number of nitrogens with zero attached hydrogens (tertiary/aromatic N) is 2. The molecule has 1 saturated heterocycles. The molecule has 30 heavy (non-hydrogen) atoms. The van der Waals surface area contributed by atoms with Gasteiger partial charge in [0.05, 0.1) is 7.11 Å². The number of methoxy groups -OCH3 is 1. The lowest BCUT2D eigenvalue weighted by molar-refractivity contribution is -0.140. The fourth-order valence-corrected chi connectivity index (χ4v) is 4.33. The van der Waals surface area contributed by atoms with Crippen molar-refractivity contribution in [2.45, 2.75) is 65.8 Å². The van der Waals surface area contributed by atoms with Crippen LogP contribution in [0.4, 0.5) is 0 Å². The van der Waals surface area contributed by atoms with Crippen molar-refractivity contribution in [3.63, 3.8) is 0 Å². The SMILES string of the molecule is COc1ccc(CN(CC2CCN(C(=O)C3CCC3)CC2)C(=O)CC(C)(C)C)cc1. The van der Waals surface area contributed by atoms with Crippen LogP contribution in [0.25, 0.3) is 0 Å². The van der Waals surface area contributed by atoms with Crippen LogP contribution in [0.15, 0.2) is 24.3 Å². The first-order chi connectivity index (χ1) is 14.2. The monoisotopic (exact) mass is 414 g/mol. The smallest absolute Gasteiger partial charge is 0.225 e. The van der Waals surface area contributed by atoms with Crippen LogP contribution in [-0.4, -0.2) is 48.4 Å². The minimum Gasteiger partial charge on any atom is -0.497 e. The molecule has 1 aromatic rings. The molecular formula is C25H38N2O3. The number of rotatable bonds is 7. The van der Waals surface area contributed by atoms with E-state index in [1.807, 2.05) is 29.2 Å². The van der Waals surface area contributed by atoms with Gasteiger partial charge in [-0.1, -0.05) is 39.3 Å². The minimum absolute atomic E-state index is 0.0339. The van der Waals surface area contributed by atoms with Crippen molar-refractivity contribution in [1.82, 2.24) is 9.80 Å². The zero-order valence-electron chi connectivity index (χ0n) is 19.2. The number of hydrogen-bond donors (Lipinski definition) is 0. The van der Waals surface area contributed by atoms with Gasteiger partial charge in [-0.2, -0.15) is 0 Å². The molecular weight excluding hydrogens is 376 g/mol. The van der Waals surface area contributed by atoms with E-state index in [2.05, 4.69) is 25.7 Å². The van der Waals surface area contributed by atoms with Crippen molar-refractivity contribution in [1.29, 1.82) is 0 Å². The number of carbonyl (C=O) groups is 2. The molecule has 3 rings (SSSR count). The Hall–Kier alpha value is -2.04. The van der Waals surface area contributed by atoms with Crippen molar-refractivity contribution in [2.24, 2.45) is 17.3 Å². The van der Waals surface area contributed by atoms with Crippen molar-refractivity contribution in [3.05, 3.63) is 29.8 Å². The first-order valence-electron chi connectivity index (χ1n) is 11.4. The highest BCUT2D eigenvalue weighted by Gasteiger charge is 2.32. The van der Waals surface area contributed by atoms with E-state index in [-0.39, 0.29) is 17.2 Å². The summed E-state index contributed by atoms with van der Waals surface area (Å²) in [6, 6.07) is 7.98. The van der Waals surface area contributed by atoms with Gasteiger partial charge in [-0.15, -0.1) is 0 Å². The van der Waals surface area contributed by atoms with Gasteiger partial charge in [0.25, 0.3) is 0 Å². The summed E-state index contributed by atoms with van der Waals surface area (Å²) in [4.78, 5) is 29.7. The first-order valence-corrected chi connectivity index (χ1v) is 11.4. The summed E-state index contributed by atoms with van der Waals surface area (Å²) in [5.41, 5.74) is 1.09. The number of amides is 2. The average Bonchev–Trinajstić information content (AvgIpc) is 2.66. The Morgan fingerprint density at radius 1 is 1.07 bits per heavy atom. The standard InChI is InChI=1S/C25H38N2O3/c1-25(2,3)16-23(28)27(17-19-8-10-22(30-4)11-9-19)18-20-12-14-26(15-13-20)24(29)21-6-5-7-21/h8-11,20-21H,5-7,12-18H2,1-4H3. The van der Waals surface area contributed by atoms with E-state index in [4.69, 9.17) is 4.74 Å². The number of ether oxygens (including phenoxy) is 1. The molecule has 5 nitrogen and oxygen atoms in total. The highest BCUT2D eigenvalue weighted by Crippen LogP contribution is 2.30. The van der Waals surface area contributed by atoms with Gasteiger partial charge in [0, 0.05) is 38.5 Å². The number of hydrogen-bond acceptors (Lipinski definition) is 3. The molecule has 1 saturated carbocycles. The van der Waals surface area contributed by atoms with Crippen LogP contribution in [0.2, 0.25) is 0 Å². The summed E-state index contributed by atoms with van der Waals surface area (Å²) in [5.74, 6) is 2.14. The van der Waals surface area contributed by atoms with Crippen molar-refractivity contribution in [2.75, 3.05) is 26.7 Å². The maximum atomic E-state index is 13.1. The predicted molar refractivity (Wildman–Crippen MR) is 119 cm³/mol. The molecule has 1 aromatic carbocycles. The summed E-state index contributed by atoms with van der Waals surface area (Å²) in [6.45, 7) is 9.41. The largest absolute Gasteiger partial charge is 0.497 e. The Morgan fingerprint density at radius 3 is 2.20 bits per heavy atom. The maximum Gasteiger partial charge on any atom is 0.225 e. The van der Waals surface area contributed by atoms with Gasteiger partial charge in [0.1, 0.15) is 5.75 Å². The van der Waals surface area contributed by atoms with E-state index in [0.717, 1.165) is 56.6 Å². The lowest BCUT2D eigenvalue weighted by Crippen LogP contribution is -2.46. The zero-order chi connectivity index (χ0) is 21.7. The third kappa shape index (κ3) is 6.23. The Bertz CT molecular complexity index is 711. The predicted octanol–water partition coefficient (Wildman–Crippen LogP) is 4.50. The van der Waals surface area contributed by atoms with Gasteiger partial charge in [0.2, 0.25) is 11.8 Å². The van der Waals surface area contributed by atoms with Gasteiger partial charge in [-0.3, -0.25) is 9.59 Å². The third-order valence-corrected chi connectivity index (χ3v) is 6.43. The summed E-state index contributed by atoms with van der Waals surface area (Å²) in [6.07, 6.45) is 5.84. The molecule has 2 aliphatic rings. The molecule has 2 amide bonds. The topological polar surface area (TPSA) is 49.9 Å². The Labute approximate surface area is 181 Å². The number of carbonyl (C=O) groups excluding carboxylic acids is 2. The molecule has 0 spiro atoms. The molecule has 1 heterocycles. The van der Waals surface area contributed by atoms with Crippen molar-refractivity contribution >= 4 is 11.8 Å². The molecule has 0 unspecified atom stereocenters. The lowest BCUT2D eigenvalue weighted by atomic mass is 9.83. The van der Waals surface area contributed by atoms with E-state index < -0.39 is 0 Å². The second-order valence-electron chi connectivity index (χ2n) is 10.3. The van der Waals surface area contributed by atoms with E-state index in [1.165, 1.54) is 6.42 Å². The van der Waals surface area contributed by atoms with Gasteiger partial charge in [0.15, 0.2) is 0 Å². The zero-order valence-corrected chi connectivity index (χ0v) is 19.2. The van der Waals surface area contributed by atoms with E-state index in [9.17, 15) is 9.59 Å². The van der Waals surface area contributed by atoms with Crippen LogP contribution in [0.5, 0.6) is 5.75 Å². The molecule has 5 heteroatoms. The average molecular weight is 415 g/mol. The minimum atomic E-state index is -0.0339. The summed E-state index contributed by atoms with van der Waals surface area (Å²) in [7, 11) is 1.66. The quantitative estimate of drug-likeness (QED) is 0.660. The lowest BCUT2D eigenvalue weighted by Gasteiger charge is -2.38. The molecule has 1 aliphatic heterocycles. The molecule has 0 aromatic heterocycles. The number of piperidine rings is 1. The number of benzene rings is 1. The maximum absolute atomic E-state index is 13.1. The van der Waals surface area contributed by atoms with Gasteiger partial charge in [-0.25, -0.2) is 0 Å². The highest BCUT2D eigenvalue weighted by molar-refractivity contribution is 5.79. The Kier molecular flexibility index (Phi) is 7.43. The fraction of sp³-hybridized carbons (Fsp3) is 0.680. The van der Waals surface area contributed by atoms with Crippen LogP contribution >= 0.6 is 0 Å². The normalized spacial score (nSPS) is 18.1. The molecule has 0 radical (unpaired) electrons. The fourth-order valence-electron chi connectivity index (χ4n) is 4.33. The molecule has 0 atom stereocenters. The van der Waals surface area contributed by atoms with Gasteiger partial charge in [-0.05, 0) is 54.7 Å². The summed E-state index contributed by atoms with van der Waals surface area (Å²) >= 11 is 0. The van der Waals surface area contributed by atoms with Crippen LogP contribution in [0, 0.1) is 17.3 Å². The number of likely N-dealkylation sites (tertiary alicyclic amines) is 1. The Morgan fingerprint density at radius 2 is 1.70 bits per heavy atom. The Balaban J connectivity index is 1.60. The highest BCUT2D eigenvalue weighted by atomic mass is 16.5. The van der Waals surface area contributed by atoms with Crippen molar-refractivity contribution in [3.8, 4) is 5.75 Å². The molecule has 0 N–H and O–H groups in total. The van der Waals surface area contributed by atoms with E-state index in [0.29, 0.717) is 24.8 Å². The second-order valence-corrected chi connectivity index (χ2v) is 10.3. The van der Waals surface area contributed by atoms with Gasteiger partial charge < -0.3 is 14.5 Å². The van der Waals surface area contributed by atoms with Crippen LogP contribution in [-0.2, 0) is 16.1 Å². The van der Waals surface area contributed by atoms with Crippen LogP contribution in [0.1, 0.15) is 64.9 Å². The summed E-state index contributed by atoms with van der Waals surface area (Å²) in [5, 5.41) is 0. The van der Waals surface area contributed by atoms with E-state index in [1.54, 1.807) is 7.11 Å². The van der Waals surface area contributed by atoms with Crippen LogP contribution in [0.3, 0.4) is 0 Å². The van der Waals surface area contributed by atoms with Gasteiger partial charge >= 0.3 is 0 Å². The van der Waals surface area contributed by atoms with Crippen molar-refractivity contribution < 1.29 is 14.3 Å². The second kappa shape index (κ2) is 9.84. The third-order valence-electron chi connectivity index (χ3n) is 6.43. The van der Waals surface area contributed by atoms with E-state index >= 15 is 0 Å². The molecule has 166 valence electrons. The first kappa shape index (κ1) is 22.6. The molecule has 0 bridgehead atoms. The van der Waals surface area contributed by atoms with Crippen LogP contribution < -0.4 is 4.74 Å². The summed E-state index contributed by atoms with van der Waals surface area (Å²) < 4.78 is 5.25.